The highest BCUT2D eigenvalue weighted by atomic mass is 79.9. The number of benzene rings is 1. The first kappa shape index (κ1) is 30.9. The van der Waals surface area contributed by atoms with Gasteiger partial charge in [0.25, 0.3) is 0 Å². The number of aldehydes is 1. The molecular weight excluding hydrogens is 573 g/mol. The SMILES string of the molecule is CC=O.Cn1cnc2c1=CCC(NOCCOCCCCCC(=O)NO)(Nc1ccc(Br)cc1Cl)C=2F. The van der Waals surface area contributed by atoms with Gasteiger partial charge in [-0.1, -0.05) is 40.0 Å². The molecule has 0 fully saturated rings. The molecule has 0 saturated heterocycles. The van der Waals surface area contributed by atoms with Crippen LogP contribution in [0.15, 0.2) is 29.0 Å². The Hall–Kier alpha value is -2.35. The molecule has 3 rings (SSSR count). The second-order valence-electron chi connectivity index (χ2n) is 8.11. The molecule has 1 aliphatic rings. The number of unbranched alkanes of at least 4 members (excludes halogenated alkanes) is 2. The number of fused-ring (bicyclic) bond motifs is 1. The number of carbonyl (C=O) groups excluding carboxylic acids is 2. The quantitative estimate of drug-likeness (QED) is 0.0904. The second kappa shape index (κ2) is 15.8. The van der Waals surface area contributed by atoms with Gasteiger partial charge in [-0.15, -0.1) is 0 Å². The van der Waals surface area contributed by atoms with E-state index < -0.39 is 17.4 Å². The molecule has 1 aromatic heterocycles. The molecule has 0 bridgehead atoms. The third-order valence-electron chi connectivity index (χ3n) is 5.34. The number of carbonyl (C=O) groups is 2. The number of ether oxygens (including phenoxy) is 1. The van der Waals surface area contributed by atoms with Crippen LogP contribution in [0.5, 0.6) is 0 Å². The van der Waals surface area contributed by atoms with Crippen LogP contribution in [0.3, 0.4) is 0 Å². The van der Waals surface area contributed by atoms with Crippen LogP contribution < -0.4 is 27.0 Å². The average molecular weight is 605 g/mol. The van der Waals surface area contributed by atoms with Crippen LogP contribution in [0.4, 0.5) is 10.1 Å². The molecule has 37 heavy (non-hydrogen) atoms. The lowest BCUT2D eigenvalue weighted by Crippen LogP contribution is -2.57. The van der Waals surface area contributed by atoms with Crippen LogP contribution in [-0.4, -0.2) is 52.4 Å². The van der Waals surface area contributed by atoms with Crippen molar-refractivity contribution in [3.8, 4) is 0 Å². The average Bonchev–Trinajstić information content (AvgIpc) is 3.25. The van der Waals surface area contributed by atoms with Crippen molar-refractivity contribution in [1.82, 2.24) is 20.5 Å². The van der Waals surface area contributed by atoms with E-state index in [0.29, 0.717) is 35.7 Å². The Labute approximate surface area is 227 Å². The van der Waals surface area contributed by atoms with E-state index >= 15 is 4.39 Å². The predicted octanol–water partition coefficient (Wildman–Crippen LogP) is 2.72. The van der Waals surface area contributed by atoms with Crippen molar-refractivity contribution in [1.29, 1.82) is 0 Å². The molecule has 204 valence electrons. The van der Waals surface area contributed by atoms with Crippen LogP contribution in [0.2, 0.25) is 5.02 Å². The number of imidazole rings is 1. The summed E-state index contributed by atoms with van der Waals surface area (Å²) in [6, 6.07) is 5.28. The van der Waals surface area contributed by atoms with Crippen molar-refractivity contribution in [3.05, 3.63) is 44.7 Å². The minimum Gasteiger partial charge on any atom is -0.379 e. The summed E-state index contributed by atoms with van der Waals surface area (Å²) in [5.41, 5.74) is 3.58. The number of halogens is 3. The van der Waals surface area contributed by atoms with E-state index in [9.17, 15) is 4.79 Å². The molecule has 0 radical (unpaired) electrons. The molecular formula is C24H32BrClFN5O5. The zero-order valence-corrected chi connectivity index (χ0v) is 23.1. The molecule has 0 spiro atoms. The fourth-order valence-electron chi connectivity index (χ4n) is 3.53. The van der Waals surface area contributed by atoms with Gasteiger partial charge in [0, 0.05) is 31.0 Å². The highest BCUT2D eigenvalue weighted by molar-refractivity contribution is 9.10. The molecule has 0 aliphatic heterocycles. The molecule has 4 N–H and O–H groups in total. The lowest BCUT2D eigenvalue weighted by atomic mass is 10.00. The minimum atomic E-state index is -1.40. The summed E-state index contributed by atoms with van der Waals surface area (Å²) in [5.74, 6) is -0.897. The fourth-order valence-corrected chi connectivity index (χ4v) is 4.25. The van der Waals surface area contributed by atoms with Crippen LogP contribution in [0.1, 0.15) is 39.0 Å². The Balaban J connectivity index is 0.00000153. The number of aromatic nitrogens is 2. The van der Waals surface area contributed by atoms with Gasteiger partial charge in [-0.2, -0.15) is 5.48 Å². The van der Waals surface area contributed by atoms with Crippen molar-refractivity contribution >= 4 is 57.3 Å². The van der Waals surface area contributed by atoms with Crippen LogP contribution in [0.25, 0.3) is 11.9 Å². The van der Waals surface area contributed by atoms with E-state index in [-0.39, 0.29) is 24.8 Å². The molecule has 13 heteroatoms. The summed E-state index contributed by atoms with van der Waals surface area (Å²) in [4.78, 5) is 29.5. The van der Waals surface area contributed by atoms with E-state index in [0.717, 1.165) is 23.6 Å². The zero-order valence-electron chi connectivity index (χ0n) is 20.7. The van der Waals surface area contributed by atoms with E-state index in [4.69, 9.17) is 31.2 Å². The summed E-state index contributed by atoms with van der Waals surface area (Å²) in [7, 11) is 1.81. The Kier molecular flexibility index (Phi) is 13.2. The van der Waals surface area contributed by atoms with Gasteiger partial charge in [0.2, 0.25) is 5.91 Å². The lowest BCUT2D eigenvalue weighted by Gasteiger charge is -2.35. The van der Waals surface area contributed by atoms with E-state index in [1.165, 1.54) is 6.92 Å². The van der Waals surface area contributed by atoms with Crippen molar-refractivity contribution in [2.24, 2.45) is 7.05 Å². The third kappa shape index (κ3) is 9.16. The number of anilines is 1. The molecule has 0 saturated carbocycles. The number of hydrogen-bond acceptors (Lipinski definition) is 8. The number of hydroxylamine groups is 2. The summed E-state index contributed by atoms with van der Waals surface area (Å²) >= 11 is 9.74. The normalized spacial score (nSPS) is 16.2. The van der Waals surface area contributed by atoms with Crippen molar-refractivity contribution in [3.63, 3.8) is 0 Å². The number of hydrogen-bond donors (Lipinski definition) is 4. The number of aryl methyl sites for hydroxylation is 1. The number of nitrogens with one attached hydrogen (secondary N) is 3. The van der Waals surface area contributed by atoms with Gasteiger partial charge in [-0.25, -0.2) is 14.9 Å². The first-order valence-corrected chi connectivity index (χ1v) is 12.9. The second-order valence-corrected chi connectivity index (χ2v) is 9.43. The van der Waals surface area contributed by atoms with Gasteiger partial charge >= 0.3 is 0 Å². The molecule has 1 atom stereocenters. The van der Waals surface area contributed by atoms with Crippen LogP contribution in [-0.2, 0) is 26.2 Å². The van der Waals surface area contributed by atoms with E-state index in [2.05, 4.69) is 31.7 Å². The lowest BCUT2D eigenvalue weighted by molar-refractivity contribution is -0.129. The summed E-state index contributed by atoms with van der Waals surface area (Å²) in [6.07, 6.45) is 6.97. The monoisotopic (exact) mass is 603 g/mol. The summed E-state index contributed by atoms with van der Waals surface area (Å²) in [5, 5.41) is 13.0. The maximum absolute atomic E-state index is 15.7. The minimum absolute atomic E-state index is 0.187. The predicted molar refractivity (Wildman–Crippen MR) is 142 cm³/mol. The van der Waals surface area contributed by atoms with Gasteiger partial charge in [0.1, 0.15) is 11.6 Å². The molecule has 10 nitrogen and oxygen atoms in total. The Bertz CT molecular complexity index is 1160. The Morgan fingerprint density at radius 1 is 1.32 bits per heavy atom. The van der Waals surface area contributed by atoms with E-state index in [1.54, 1.807) is 28.5 Å². The molecule has 1 aliphatic carbocycles. The third-order valence-corrected chi connectivity index (χ3v) is 6.15. The van der Waals surface area contributed by atoms with Gasteiger partial charge in [0.15, 0.2) is 11.5 Å². The Morgan fingerprint density at radius 3 is 2.78 bits per heavy atom. The summed E-state index contributed by atoms with van der Waals surface area (Å²) < 4.78 is 23.8. The maximum Gasteiger partial charge on any atom is 0.243 e. The highest BCUT2D eigenvalue weighted by Crippen LogP contribution is 2.32. The standard InChI is InChI=1S/C22H28BrClFN5O4.C2H4O/c1-30-14-26-20-18(30)8-9-22(21(20)25,27-17-7-6-15(23)13-16(17)24)29-34-12-11-33-10-4-2-3-5-19(31)28-32;1-2-3/h6-8,13-14,27,29,32H,2-5,9-12H2,1H3,(H,28,31);2H,1H3. The smallest absolute Gasteiger partial charge is 0.243 e. The number of amides is 1. The molecule has 1 amide bonds. The molecule has 1 aromatic carbocycles. The zero-order chi connectivity index (χ0) is 27.3. The summed E-state index contributed by atoms with van der Waals surface area (Å²) in [6.45, 7) is 2.44. The fraction of sp³-hybridized carbons (Fsp3) is 0.458. The van der Waals surface area contributed by atoms with Crippen molar-refractivity contribution in [2.75, 3.05) is 25.1 Å². The van der Waals surface area contributed by atoms with Crippen molar-refractivity contribution < 1.29 is 28.8 Å². The Morgan fingerprint density at radius 2 is 2.08 bits per heavy atom. The molecule has 1 unspecified atom stereocenters. The van der Waals surface area contributed by atoms with Gasteiger partial charge in [0.05, 0.1) is 35.6 Å². The topological polar surface area (TPSA) is 127 Å². The molecule has 1 heterocycles. The first-order chi connectivity index (χ1) is 17.8. The maximum atomic E-state index is 15.7. The number of nitrogens with zero attached hydrogens (tertiary/aromatic N) is 2. The van der Waals surface area contributed by atoms with Crippen molar-refractivity contribution in [2.45, 2.75) is 44.7 Å². The molecule has 2 aromatic rings. The van der Waals surface area contributed by atoms with Crippen LogP contribution in [0, 0.1) is 0 Å². The first-order valence-electron chi connectivity index (χ1n) is 11.7. The highest BCUT2D eigenvalue weighted by Gasteiger charge is 2.39. The number of rotatable bonds is 13. The van der Waals surface area contributed by atoms with Gasteiger partial charge in [-0.05, 0) is 38.0 Å². The largest absolute Gasteiger partial charge is 0.379 e. The van der Waals surface area contributed by atoms with E-state index in [1.807, 2.05) is 19.2 Å². The van der Waals surface area contributed by atoms with Gasteiger partial charge < -0.3 is 19.4 Å². The van der Waals surface area contributed by atoms with Crippen LogP contribution >= 0.6 is 27.5 Å². The van der Waals surface area contributed by atoms with Gasteiger partial charge in [-0.3, -0.25) is 14.8 Å².